The Morgan fingerprint density at radius 3 is 2.33 bits per heavy atom. The lowest BCUT2D eigenvalue weighted by atomic mass is 10.1. The Hall–Kier alpha value is -0.906. The number of imidazole rings is 1. The molecule has 0 spiro atoms. The van der Waals surface area contributed by atoms with Crippen molar-refractivity contribution in [3.05, 3.63) is 40.4 Å². The lowest BCUT2D eigenvalue weighted by Crippen LogP contribution is -2.44. The van der Waals surface area contributed by atoms with Crippen LogP contribution in [-0.4, -0.2) is 36.7 Å². The first-order chi connectivity index (χ1) is 13.8. The van der Waals surface area contributed by atoms with E-state index in [2.05, 4.69) is 122 Å². The van der Waals surface area contributed by atoms with Crippen molar-refractivity contribution in [3.63, 3.8) is 0 Å². The number of hydrogen-bond acceptors (Lipinski definition) is 2. The highest BCUT2D eigenvalue weighted by atomic mass is 127. The van der Waals surface area contributed by atoms with Gasteiger partial charge in [-0.1, -0.05) is 71.7 Å². The standard InChI is InChI=1S/C23H36IN3OSi2/c1-23(2,3)30(7,8)27-15-19(18-11-9-10-12-20(18)27)22-25-21(24)16-26(22)17-28-13-14-29(4,5)6/h9-12,15-16H,13-14,17H2,1-8H3. The van der Waals surface area contributed by atoms with Gasteiger partial charge in [0.05, 0.1) is 0 Å². The molecule has 0 unspecified atom stereocenters. The first-order valence-corrected chi connectivity index (χ1v) is 18.5. The first kappa shape index (κ1) is 23.8. The van der Waals surface area contributed by atoms with Crippen molar-refractivity contribution in [2.75, 3.05) is 6.61 Å². The van der Waals surface area contributed by atoms with Gasteiger partial charge in [0, 0.05) is 43.5 Å². The SMILES string of the molecule is CC(C)(C)[Si](C)(C)n1cc(-c2nc(I)cn2COCC[Si](C)(C)C)c2ccccc21. The smallest absolute Gasteiger partial charge is 0.161 e. The lowest BCUT2D eigenvalue weighted by molar-refractivity contribution is 0.0882. The third kappa shape index (κ3) is 4.94. The van der Waals surface area contributed by atoms with Crippen molar-refractivity contribution >= 4 is 49.8 Å². The number of halogens is 1. The Labute approximate surface area is 197 Å². The molecule has 30 heavy (non-hydrogen) atoms. The topological polar surface area (TPSA) is 32.0 Å². The highest BCUT2D eigenvalue weighted by Crippen LogP contribution is 2.41. The van der Waals surface area contributed by atoms with E-state index in [4.69, 9.17) is 9.72 Å². The van der Waals surface area contributed by atoms with Crippen molar-refractivity contribution in [1.82, 2.24) is 13.8 Å². The average molecular weight is 554 g/mol. The van der Waals surface area contributed by atoms with Crippen LogP contribution in [0.5, 0.6) is 0 Å². The van der Waals surface area contributed by atoms with E-state index in [9.17, 15) is 0 Å². The van der Waals surface area contributed by atoms with Crippen LogP contribution >= 0.6 is 22.6 Å². The van der Waals surface area contributed by atoms with Gasteiger partial charge in [-0.3, -0.25) is 0 Å². The van der Waals surface area contributed by atoms with Gasteiger partial charge in [-0.2, -0.15) is 0 Å². The van der Waals surface area contributed by atoms with E-state index in [0.717, 1.165) is 16.1 Å². The zero-order valence-electron chi connectivity index (χ0n) is 19.7. The Kier molecular flexibility index (Phi) is 6.77. The van der Waals surface area contributed by atoms with Crippen molar-refractivity contribution in [2.24, 2.45) is 0 Å². The van der Waals surface area contributed by atoms with Gasteiger partial charge >= 0.3 is 0 Å². The van der Waals surface area contributed by atoms with E-state index in [1.165, 1.54) is 22.5 Å². The summed E-state index contributed by atoms with van der Waals surface area (Å²) in [5.41, 5.74) is 2.51. The summed E-state index contributed by atoms with van der Waals surface area (Å²) in [6.07, 6.45) is 4.45. The number of hydrogen-bond donors (Lipinski definition) is 0. The van der Waals surface area contributed by atoms with Gasteiger partial charge in [0.2, 0.25) is 0 Å². The summed E-state index contributed by atoms with van der Waals surface area (Å²) < 4.78 is 11.8. The van der Waals surface area contributed by atoms with Gasteiger partial charge in [0.15, 0.2) is 8.24 Å². The van der Waals surface area contributed by atoms with Crippen LogP contribution in [0.4, 0.5) is 0 Å². The Balaban J connectivity index is 2.02. The summed E-state index contributed by atoms with van der Waals surface area (Å²) in [5, 5.41) is 1.52. The quantitative estimate of drug-likeness (QED) is 0.175. The third-order valence-corrected chi connectivity index (χ3v) is 13.8. The fourth-order valence-electron chi connectivity index (χ4n) is 3.42. The monoisotopic (exact) mass is 553 g/mol. The fourth-order valence-corrected chi connectivity index (χ4v) is 6.71. The van der Waals surface area contributed by atoms with Crippen LogP contribution in [0.3, 0.4) is 0 Å². The molecule has 164 valence electrons. The minimum Gasteiger partial charge on any atom is -0.373 e. The summed E-state index contributed by atoms with van der Waals surface area (Å²) in [7, 11) is -2.86. The molecule has 0 N–H and O–H groups in total. The Bertz CT molecular complexity index is 1030. The molecule has 0 aliphatic heterocycles. The summed E-state index contributed by atoms with van der Waals surface area (Å²) >= 11 is 2.31. The highest BCUT2D eigenvalue weighted by Gasteiger charge is 2.38. The molecule has 0 saturated heterocycles. The number of benzene rings is 1. The molecule has 0 fully saturated rings. The minimum atomic E-state index is -1.77. The Morgan fingerprint density at radius 2 is 1.70 bits per heavy atom. The largest absolute Gasteiger partial charge is 0.373 e. The molecule has 3 aromatic rings. The van der Waals surface area contributed by atoms with E-state index in [0.29, 0.717) is 6.73 Å². The predicted molar refractivity (Wildman–Crippen MR) is 143 cm³/mol. The molecule has 2 aromatic heterocycles. The van der Waals surface area contributed by atoms with Crippen LogP contribution in [0.25, 0.3) is 22.3 Å². The predicted octanol–water partition coefficient (Wildman–Crippen LogP) is 7.28. The molecule has 3 rings (SSSR count). The molecule has 1 aromatic carbocycles. The van der Waals surface area contributed by atoms with Crippen LogP contribution < -0.4 is 0 Å². The summed E-state index contributed by atoms with van der Waals surface area (Å²) in [5.74, 6) is 1.00. The van der Waals surface area contributed by atoms with E-state index in [1.54, 1.807) is 0 Å². The maximum absolute atomic E-state index is 6.07. The second-order valence-electron chi connectivity index (χ2n) is 10.9. The summed E-state index contributed by atoms with van der Waals surface area (Å²) in [6.45, 7) is 20.5. The molecule has 0 bridgehead atoms. The molecule has 0 saturated carbocycles. The zero-order valence-corrected chi connectivity index (χ0v) is 23.9. The zero-order chi connectivity index (χ0) is 22.3. The molecule has 0 aliphatic carbocycles. The van der Waals surface area contributed by atoms with E-state index in [1.807, 2.05) is 0 Å². The number of aromatic nitrogens is 3. The second kappa shape index (κ2) is 8.56. The molecule has 0 amide bonds. The van der Waals surface area contributed by atoms with Crippen molar-refractivity contribution in [1.29, 1.82) is 0 Å². The summed E-state index contributed by atoms with van der Waals surface area (Å²) in [6, 6.07) is 9.93. The van der Waals surface area contributed by atoms with Crippen LogP contribution in [0, 0.1) is 3.70 Å². The van der Waals surface area contributed by atoms with Gasteiger partial charge in [-0.05, 0) is 39.7 Å². The van der Waals surface area contributed by atoms with Crippen LogP contribution in [0.2, 0.25) is 43.8 Å². The minimum absolute atomic E-state index is 0.246. The Morgan fingerprint density at radius 1 is 1.03 bits per heavy atom. The molecular formula is C23H36IN3OSi2. The van der Waals surface area contributed by atoms with Gasteiger partial charge in [-0.15, -0.1) is 0 Å². The van der Waals surface area contributed by atoms with Crippen LogP contribution in [0.15, 0.2) is 36.7 Å². The molecule has 0 radical (unpaired) electrons. The van der Waals surface area contributed by atoms with Crippen molar-refractivity contribution in [3.8, 4) is 11.4 Å². The average Bonchev–Trinajstić information content (AvgIpc) is 3.17. The number of para-hydroxylation sites is 1. The lowest BCUT2D eigenvalue weighted by Gasteiger charge is -2.38. The molecule has 4 nitrogen and oxygen atoms in total. The fraction of sp³-hybridized carbons (Fsp3) is 0.522. The van der Waals surface area contributed by atoms with Crippen molar-refractivity contribution in [2.45, 2.75) is 71.3 Å². The normalized spacial score (nSPS) is 13.4. The second-order valence-corrected chi connectivity index (χ2v) is 22.8. The van der Waals surface area contributed by atoms with Gasteiger partial charge < -0.3 is 13.5 Å². The van der Waals surface area contributed by atoms with E-state index in [-0.39, 0.29) is 5.04 Å². The molecule has 0 aliphatic rings. The molecule has 0 atom stereocenters. The van der Waals surface area contributed by atoms with E-state index < -0.39 is 16.3 Å². The highest BCUT2D eigenvalue weighted by molar-refractivity contribution is 14.1. The van der Waals surface area contributed by atoms with Gasteiger partial charge in [0.25, 0.3) is 0 Å². The summed E-state index contributed by atoms with van der Waals surface area (Å²) in [4.78, 5) is 4.90. The molecule has 2 heterocycles. The van der Waals surface area contributed by atoms with Crippen LogP contribution in [0.1, 0.15) is 20.8 Å². The number of rotatable bonds is 7. The van der Waals surface area contributed by atoms with Gasteiger partial charge in [0.1, 0.15) is 16.3 Å². The number of fused-ring (bicyclic) bond motifs is 1. The van der Waals surface area contributed by atoms with Gasteiger partial charge in [-0.25, -0.2) is 4.98 Å². The number of ether oxygens (including phenoxy) is 1. The maximum atomic E-state index is 6.07. The molecular weight excluding hydrogens is 517 g/mol. The van der Waals surface area contributed by atoms with Crippen LogP contribution in [-0.2, 0) is 11.5 Å². The maximum Gasteiger partial charge on any atom is 0.161 e. The van der Waals surface area contributed by atoms with Crippen molar-refractivity contribution < 1.29 is 4.74 Å². The molecule has 7 heteroatoms. The third-order valence-electron chi connectivity index (χ3n) is 6.36. The number of nitrogens with zero attached hydrogens (tertiary/aromatic N) is 3. The first-order valence-electron chi connectivity index (χ1n) is 10.7. The van der Waals surface area contributed by atoms with E-state index >= 15 is 0 Å².